The van der Waals surface area contributed by atoms with Gasteiger partial charge in [-0.15, -0.1) is 0 Å². The van der Waals surface area contributed by atoms with Crippen molar-refractivity contribution in [1.29, 1.82) is 0 Å². The van der Waals surface area contributed by atoms with Crippen molar-refractivity contribution in [2.75, 3.05) is 13.2 Å². The van der Waals surface area contributed by atoms with Gasteiger partial charge in [0, 0.05) is 12.8 Å². The first kappa shape index (κ1) is 21.9. The van der Waals surface area contributed by atoms with Gasteiger partial charge in [-0.25, -0.2) is 0 Å². The minimum Gasteiger partial charge on any atom is -0.466 e. The summed E-state index contributed by atoms with van der Waals surface area (Å²) in [4.78, 5) is 22.9. The van der Waals surface area contributed by atoms with Gasteiger partial charge in [0.15, 0.2) is 0 Å². The van der Waals surface area contributed by atoms with Gasteiger partial charge in [-0.3, -0.25) is 9.59 Å². The molecule has 0 amide bonds. The van der Waals surface area contributed by atoms with Crippen molar-refractivity contribution in [3.63, 3.8) is 0 Å². The third kappa shape index (κ3) is 14.3. The second-order valence-electron chi connectivity index (χ2n) is 6.21. The monoisotopic (exact) mass is 328 g/mol. The summed E-state index contributed by atoms with van der Waals surface area (Å²) in [6.45, 7) is 7.36. The third-order valence-electron chi connectivity index (χ3n) is 4.11. The van der Waals surface area contributed by atoms with E-state index in [-0.39, 0.29) is 11.9 Å². The summed E-state index contributed by atoms with van der Waals surface area (Å²) >= 11 is 0. The Labute approximate surface area is 142 Å². The molecule has 0 N–H and O–H groups in total. The van der Waals surface area contributed by atoms with Crippen LogP contribution in [0.3, 0.4) is 0 Å². The Morgan fingerprint density at radius 3 is 1.70 bits per heavy atom. The van der Waals surface area contributed by atoms with Crippen molar-refractivity contribution >= 4 is 11.9 Å². The first-order valence-corrected chi connectivity index (χ1v) is 9.45. The summed E-state index contributed by atoms with van der Waals surface area (Å²) in [5, 5.41) is 0. The zero-order chi connectivity index (χ0) is 17.3. The number of esters is 2. The molecule has 0 rings (SSSR count). The highest BCUT2D eigenvalue weighted by molar-refractivity contribution is 5.69. The molecule has 0 aromatic rings. The molecule has 0 unspecified atom stereocenters. The van der Waals surface area contributed by atoms with Gasteiger partial charge >= 0.3 is 11.9 Å². The van der Waals surface area contributed by atoms with E-state index in [2.05, 4.69) is 13.8 Å². The number of ether oxygens (including phenoxy) is 2. The van der Waals surface area contributed by atoms with E-state index in [4.69, 9.17) is 9.47 Å². The molecule has 0 atom stereocenters. The van der Waals surface area contributed by atoms with Gasteiger partial charge in [-0.05, 0) is 25.2 Å². The Hall–Kier alpha value is -1.06. The van der Waals surface area contributed by atoms with Gasteiger partial charge in [-0.1, -0.05) is 59.3 Å². The average Bonchev–Trinajstić information content (AvgIpc) is 2.56. The summed E-state index contributed by atoms with van der Waals surface area (Å²) in [6, 6.07) is 0. The maximum atomic E-state index is 11.6. The SMILES string of the molecule is CCCOC(=O)CCCCCCCCC(=O)OCC(CC)CC. The second-order valence-corrected chi connectivity index (χ2v) is 6.21. The summed E-state index contributed by atoms with van der Waals surface area (Å²) < 4.78 is 10.3. The van der Waals surface area contributed by atoms with Crippen molar-refractivity contribution in [2.45, 2.75) is 91.4 Å². The van der Waals surface area contributed by atoms with Crippen LogP contribution in [0, 0.1) is 5.92 Å². The van der Waals surface area contributed by atoms with Gasteiger partial charge < -0.3 is 9.47 Å². The quantitative estimate of drug-likeness (QED) is 0.312. The molecule has 0 aliphatic rings. The van der Waals surface area contributed by atoms with Crippen LogP contribution in [0.5, 0.6) is 0 Å². The number of carbonyl (C=O) groups excluding carboxylic acids is 2. The van der Waals surface area contributed by atoms with Crippen LogP contribution < -0.4 is 0 Å². The van der Waals surface area contributed by atoms with E-state index in [9.17, 15) is 9.59 Å². The summed E-state index contributed by atoms with van der Waals surface area (Å²) in [7, 11) is 0. The molecule has 0 aromatic heterocycles. The third-order valence-corrected chi connectivity index (χ3v) is 4.11. The maximum absolute atomic E-state index is 11.6. The van der Waals surface area contributed by atoms with Crippen LogP contribution in [-0.2, 0) is 19.1 Å². The van der Waals surface area contributed by atoms with Crippen molar-refractivity contribution in [3.05, 3.63) is 0 Å². The average molecular weight is 328 g/mol. The molecular formula is C19H36O4. The maximum Gasteiger partial charge on any atom is 0.305 e. The van der Waals surface area contributed by atoms with Crippen LogP contribution >= 0.6 is 0 Å². The van der Waals surface area contributed by atoms with Gasteiger partial charge in [-0.2, -0.15) is 0 Å². The zero-order valence-corrected chi connectivity index (χ0v) is 15.4. The fourth-order valence-electron chi connectivity index (χ4n) is 2.34. The Morgan fingerprint density at radius 1 is 0.739 bits per heavy atom. The molecule has 0 bridgehead atoms. The molecule has 0 heterocycles. The highest BCUT2D eigenvalue weighted by Crippen LogP contribution is 2.11. The lowest BCUT2D eigenvalue weighted by Gasteiger charge is -2.12. The molecule has 0 radical (unpaired) electrons. The van der Waals surface area contributed by atoms with E-state index >= 15 is 0 Å². The Morgan fingerprint density at radius 2 is 1.22 bits per heavy atom. The molecule has 4 nitrogen and oxygen atoms in total. The van der Waals surface area contributed by atoms with Crippen LogP contribution in [-0.4, -0.2) is 25.2 Å². The van der Waals surface area contributed by atoms with Crippen LogP contribution in [0.25, 0.3) is 0 Å². The van der Waals surface area contributed by atoms with Crippen molar-refractivity contribution in [3.8, 4) is 0 Å². The number of rotatable bonds is 15. The van der Waals surface area contributed by atoms with E-state index in [1.54, 1.807) is 0 Å². The normalized spacial score (nSPS) is 10.8. The van der Waals surface area contributed by atoms with Gasteiger partial charge in [0.05, 0.1) is 13.2 Å². The molecular weight excluding hydrogens is 292 g/mol. The predicted molar refractivity (Wildman–Crippen MR) is 93.2 cm³/mol. The molecule has 0 fully saturated rings. The molecule has 0 saturated heterocycles. The molecule has 0 aliphatic heterocycles. The lowest BCUT2D eigenvalue weighted by atomic mass is 10.1. The van der Waals surface area contributed by atoms with Gasteiger partial charge in [0.25, 0.3) is 0 Å². The molecule has 4 heteroatoms. The van der Waals surface area contributed by atoms with E-state index in [1.807, 2.05) is 6.92 Å². The summed E-state index contributed by atoms with van der Waals surface area (Å²) in [5.74, 6) is 0.366. The lowest BCUT2D eigenvalue weighted by Crippen LogP contribution is -2.12. The number of carbonyl (C=O) groups is 2. The first-order chi connectivity index (χ1) is 11.1. The van der Waals surface area contributed by atoms with Crippen molar-refractivity contribution in [1.82, 2.24) is 0 Å². The highest BCUT2D eigenvalue weighted by atomic mass is 16.5. The van der Waals surface area contributed by atoms with Crippen LogP contribution in [0.1, 0.15) is 91.4 Å². The number of hydrogen-bond acceptors (Lipinski definition) is 4. The van der Waals surface area contributed by atoms with E-state index in [0.29, 0.717) is 32.0 Å². The van der Waals surface area contributed by atoms with E-state index in [1.165, 1.54) is 0 Å². The van der Waals surface area contributed by atoms with E-state index in [0.717, 1.165) is 57.8 Å². The van der Waals surface area contributed by atoms with Crippen molar-refractivity contribution in [2.24, 2.45) is 5.92 Å². The smallest absolute Gasteiger partial charge is 0.305 e. The van der Waals surface area contributed by atoms with Gasteiger partial charge in [0.2, 0.25) is 0 Å². The first-order valence-electron chi connectivity index (χ1n) is 9.45. The fraction of sp³-hybridized carbons (Fsp3) is 0.895. The summed E-state index contributed by atoms with van der Waals surface area (Å²) in [6.07, 6.45) is 10.2. The molecule has 23 heavy (non-hydrogen) atoms. The minimum absolute atomic E-state index is 0.0597. The second kappa shape index (κ2) is 15.8. The largest absolute Gasteiger partial charge is 0.466 e. The topological polar surface area (TPSA) is 52.6 Å². The molecule has 0 spiro atoms. The molecule has 0 saturated carbocycles. The fourth-order valence-corrected chi connectivity index (χ4v) is 2.34. The van der Waals surface area contributed by atoms with Crippen LogP contribution in [0.4, 0.5) is 0 Å². The minimum atomic E-state index is -0.0768. The number of hydrogen-bond donors (Lipinski definition) is 0. The highest BCUT2D eigenvalue weighted by Gasteiger charge is 2.08. The Kier molecular flexibility index (Phi) is 15.1. The molecule has 0 aliphatic carbocycles. The van der Waals surface area contributed by atoms with Crippen LogP contribution in [0.15, 0.2) is 0 Å². The van der Waals surface area contributed by atoms with Crippen LogP contribution in [0.2, 0.25) is 0 Å². The molecule has 136 valence electrons. The molecule has 0 aromatic carbocycles. The lowest BCUT2D eigenvalue weighted by molar-refractivity contribution is -0.145. The van der Waals surface area contributed by atoms with E-state index < -0.39 is 0 Å². The summed E-state index contributed by atoms with van der Waals surface area (Å²) in [5.41, 5.74) is 0. The Bertz CT molecular complexity index is 298. The standard InChI is InChI=1S/C19H36O4/c1-4-15-22-18(20)13-11-9-7-8-10-12-14-19(21)23-16-17(5-2)6-3/h17H,4-16H2,1-3H3. The van der Waals surface area contributed by atoms with Crippen molar-refractivity contribution < 1.29 is 19.1 Å². The Balaban J connectivity index is 3.35. The van der Waals surface area contributed by atoms with Gasteiger partial charge in [0.1, 0.15) is 0 Å². The number of unbranched alkanes of at least 4 members (excludes halogenated alkanes) is 5. The zero-order valence-electron chi connectivity index (χ0n) is 15.4. The predicted octanol–water partition coefficient (Wildman–Crippen LogP) is 5.04.